The van der Waals surface area contributed by atoms with Crippen molar-refractivity contribution in [2.45, 2.75) is 39.0 Å². The number of hydrogen-bond donors (Lipinski definition) is 1. The fraction of sp³-hybridized carbons (Fsp3) is 0.333. The van der Waals surface area contributed by atoms with Crippen LogP contribution in [-0.2, 0) is 17.6 Å². The number of Topliss-reactive ketones (excluding diaryl/α,β-unsaturated/α-hetero) is 1. The fourth-order valence-electron chi connectivity index (χ4n) is 3.63. The molecule has 0 aliphatic heterocycles. The monoisotopic (exact) mass is 462 g/mol. The van der Waals surface area contributed by atoms with Gasteiger partial charge in [-0.25, -0.2) is 0 Å². The molecule has 2 aromatic carbocycles. The Kier molecular flexibility index (Phi) is 7.30. The van der Waals surface area contributed by atoms with Crippen molar-refractivity contribution in [3.05, 3.63) is 70.5 Å². The summed E-state index contributed by atoms with van der Waals surface area (Å²) in [7, 11) is 2.75. The number of aryl methyl sites for hydroxylation is 1. The minimum absolute atomic E-state index is 0.00693. The molecule has 0 bridgehead atoms. The molecule has 1 heterocycles. The largest absolute Gasteiger partial charge is 0.497 e. The summed E-state index contributed by atoms with van der Waals surface area (Å²) in [6.45, 7) is 3.10. The van der Waals surface area contributed by atoms with E-state index in [0.29, 0.717) is 5.75 Å². The summed E-state index contributed by atoms with van der Waals surface area (Å²) in [6.07, 6.45) is -2.61. The highest BCUT2D eigenvalue weighted by atomic mass is 19.4. The number of nitrogens with one attached hydrogen (secondary N) is 1. The average Bonchev–Trinajstić information content (AvgIpc) is 3.20. The van der Waals surface area contributed by atoms with Crippen LogP contribution in [0.3, 0.4) is 0 Å². The van der Waals surface area contributed by atoms with Crippen LogP contribution in [0.15, 0.2) is 42.6 Å². The van der Waals surface area contributed by atoms with Gasteiger partial charge in [0.05, 0.1) is 26.0 Å². The summed E-state index contributed by atoms with van der Waals surface area (Å²) in [5.74, 6) is 0.478. The zero-order valence-corrected chi connectivity index (χ0v) is 18.7. The molecule has 0 radical (unpaired) electrons. The molecule has 3 rings (SSSR count). The molecule has 0 aliphatic carbocycles. The Morgan fingerprint density at radius 2 is 1.85 bits per heavy atom. The maximum Gasteiger partial charge on any atom is 0.416 e. The Bertz CT molecular complexity index is 1130. The standard InChI is InChI=1S/C24H25F3N2O4/c1-14-12-28-29-23(14)19(9-15(2)30)16-6-8-21(22(10-16)32-4)33-13-17-5-7-18(31-3)11-20(17)24(25,26)27/h5-8,10-12,19H,9,13H2,1-4H3,(H,28,29). The first-order chi connectivity index (χ1) is 15.6. The SMILES string of the molecule is COc1ccc(COc2ccc(C(CC(C)=O)c3[nH]ncc3C)cc2OC)c(C(F)(F)F)c1. The van der Waals surface area contributed by atoms with E-state index >= 15 is 0 Å². The number of rotatable bonds is 9. The molecule has 176 valence electrons. The number of aromatic nitrogens is 2. The topological polar surface area (TPSA) is 73.4 Å². The number of H-pyrrole nitrogens is 1. The molecule has 1 aromatic heterocycles. The highest BCUT2D eigenvalue weighted by molar-refractivity contribution is 5.77. The summed E-state index contributed by atoms with van der Waals surface area (Å²) in [4.78, 5) is 11.9. The number of alkyl halides is 3. The van der Waals surface area contributed by atoms with Gasteiger partial charge in [-0.05, 0) is 49.2 Å². The van der Waals surface area contributed by atoms with Gasteiger partial charge in [-0.2, -0.15) is 18.3 Å². The molecule has 3 aromatic rings. The van der Waals surface area contributed by atoms with Crippen molar-refractivity contribution in [1.82, 2.24) is 10.2 Å². The third kappa shape index (κ3) is 5.66. The summed E-state index contributed by atoms with van der Waals surface area (Å²) < 4.78 is 56.5. The number of aromatic amines is 1. The average molecular weight is 462 g/mol. The zero-order chi connectivity index (χ0) is 24.2. The Labute approximate surface area is 189 Å². The third-order valence-electron chi connectivity index (χ3n) is 5.30. The molecule has 0 fully saturated rings. The van der Waals surface area contributed by atoms with E-state index in [9.17, 15) is 18.0 Å². The maximum absolute atomic E-state index is 13.5. The number of halogens is 3. The molecule has 1 N–H and O–H groups in total. The van der Waals surface area contributed by atoms with Crippen LogP contribution in [0.2, 0.25) is 0 Å². The number of carbonyl (C=O) groups is 1. The molecule has 0 saturated heterocycles. The van der Waals surface area contributed by atoms with Gasteiger partial charge in [0.2, 0.25) is 0 Å². The van der Waals surface area contributed by atoms with Crippen LogP contribution in [0.25, 0.3) is 0 Å². The van der Waals surface area contributed by atoms with E-state index in [-0.39, 0.29) is 41.8 Å². The van der Waals surface area contributed by atoms with Gasteiger partial charge in [-0.1, -0.05) is 12.1 Å². The van der Waals surface area contributed by atoms with Gasteiger partial charge >= 0.3 is 6.18 Å². The van der Waals surface area contributed by atoms with Crippen LogP contribution in [0, 0.1) is 6.92 Å². The lowest BCUT2D eigenvalue weighted by Gasteiger charge is -2.19. The van der Waals surface area contributed by atoms with E-state index in [1.165, 1.54) is 33.3 Å². The lowest BCUT2D eigenvalue weighted by atomic mass is 9.89. The summed E-state index contributed by atoms with van der Waals surface area (Å²) in [6, 6.07) is 8.84. The first-order valence-corrected chi connectivity index (χ1v) is 10.2. The lowest BCUT2D eigenvalue weighted by Crippen LogP contribution is -2.12. The number of nitrogens with zero attached hydrogens (tertiary/aromatic N) is 1. The highest BCUT2D eigenvalue weighted by Crippen LogP contribution is 2.38. The van der Waals surface area contributed by atoms with Crippen molar-refractivity contribution in [3.8, 4) is 17.2 Å². The van der Waals surface area contributed by atoms with E-state index in [1.807, 2.05) is 6.92 Å². The number of carbonyl (C=O) groups excluding carboxylic acids is 1. The van der Waals surface area contributed by atoms with E-state index in [4.69, 9.17) is 14.2 Å². The molecule has 6 nitrogen and oxygen atoms in total. The Balaban J connectivity index is 1.89. The van der Waals surface area contributed by atoms with Crippen LogP contribution in [-0.4, -0.2) is 30.2 Å². The first-order valence-electron chi connectivity index (χ1n) is 10.2. The number of ether oxygens (including phenoxy) is 3. The second kappa shape index (κ2) is 9.97. The van der Waals surface area contributed by atoms with Crippen LogP contribution < -0.4 is 14.2 Å². The van der Waals surface area contributed by atoms with Crippen molar-refractivity contribution in [3.63, 3.8) is 0 Å². The summed E-state index contributed by atoms with van der Waals surface area (Å²) in [5, 5.41) is 6.99. The van der Waals surface area contributed by atoms with Crippen LogP contribution in [0.4, 0.5) is 13.2 Å². The predicted molar refractivity (Wildman–Crippen MR) is 116 cm³/mol. The van der Waals surface area contributed by atoms with Gasteiger partial charge in [-0.15, -0.1) is 0 Å². The Morgan fingerprint density at radius 3 is 2.42 bits per heavy atom. The van der Waals surface area contributed by atoms with Gasteiger partial charge in [0.15, 0.2) is 11.5 Å². The Hall–Kier alpha value is -3.49. The van der Waals surface area contributed by atoms with Gasteiger partial charge in [0, 0.05) is 23.6 Å². The molecule has 33 heavy (non-hydrogen) atoms. The van der Waals surface area contributed by atoms with Crippen LogP contribution >= 0.6 is 0 Å². The van der Waals surface area contributed by atoms with Crippen molar-refractivity contribution in [2.24, 2.45) is 0 Å². The smallest absolute Gasteiger partial charge is 0.416 e. The van der Waals surface area contributed by atoms with E-state index in [1.54, 1.807) is 24.4 Å². The number of ketones is 1. The lowest BCUT2D eigenvalue weighted by molar-refractivity contribution is -0.138. The first kappa shape index (κ1) is 24.2. The van der Waals surface area contributed by atoms with Gasteiger partial charge in [0.1, 0.15) is 18.1 Å². The summed E-state index contributed by atoms with van der Waals surface area (Å²) >= 11 is 0. The molecule has 0 saturated carbocycles. The quantitative estimate of drug-likeness (QED) is 0.458. The normalized spacial score (nSPS) is 12.3. The molecule has 9 heteroatoms. The van der Waals surface area contributed by atoms with Crippen molar-refractivity contribution in [1.29, 1.82) is 0 Å². The van der Waals surface area contributed by atoms with Gasteiger partial charge in [-0.3, -0.25) is 9.89 Å². The van der Waals surface area contributed by atoms with E-state index in [0.717, 1.165) is 22.9 Å². The highest BCUT2D eigenvalue weighted by Gasteiger charge is 2.34. The minimum Gasteiger partial charge on any atom is -0.497 e. The van der Waals surface area contributed by atoms with Crippen LogP contribution in [0.5, 0.6) is 17.2 Å². The predicted octanol–water partition coefficient (Wildman–Crippen LogP) is 5.44. The fourth-order valence-corrected chi connectivity index (χ4v) is 3.63. The maximum atomic E-state index is 13.5. The van der Waals surface area contributed by atoms with Crippen molar-refractivity contribution in [2.75, 3.05) is 14.2 Å². The second-order valence-electron chi connectivity index (χ2n) is 7.65. The number of methoxy groups -OCH3 is 2. The summed E-state index contributed by atoms with van der Waals surface area (Å²) in [5.41, 5.74) is 1.67. The minimum atomic E-state index is -4.55. The zero-order valence-electron chi connectivity index (χ0n) is 18.7. The molecule has 0 spiro atoms. The van der Waals surface area contributed by atoms with E-state index in [2.05, 4.69) is 10.2 Å². The van der Waals surface area contributed by atoms with Gasteiger partial charge in [0.25, 0.3) is 0 Å². The molecule has 0 aliphatic rings. The van der Waals surface area contributed by atoms with Gasteiger partial charge < -0.3 is 14.2 Å². The second-order valence-corrected chi connectivity index (χ2v) is 7.65. The third-order valence-corrected chi connectivity index (χ3v) is 5.30. The number of benzene rings is 2. The Morgan fingerprint density at radius 1 is 1.09 bits per heavy atom. The van der Waals surface area contributed by atoms with E-state index < -0.39 is 11.7 Å². The van der Waals surface area contributed by atoms with Crippen molar-refractivity contribution >= 4 is 5.78 Å². The molecule has 0 amide bonds. The molecular formula is C24H25F3N2O4. The van der Waals surface area contributed by atoms with Crippen molar-refractivity contribution < 1.29 is 32.2 Å². The molecular weight excluding hydrogens is 437 g/mol. The number of hydrogen-bond acceptors (Lipinski definition) is 5. The molecule has 1 unspecified atom stereocenters. The molecule has 1 atom stereocenters. The van der Waals surface area contributed by atoms with Crippen LogP contribution in [0.1, 0.15) is 47.2 Å².